The lowest BCUT2D eigenvalue weighted by Gasteiger charge is -2.47. The maximum absolute atomic E-state index is 12.5. The van der Waals surface area contributed by atoms with Crippen LogP contribution in [0.2, 0.25) is 0 Å². The van der Waals surface area contributed by atoms with Gasteiger partial charge < -0.3 is 15.0 Å². The molecule has 2 rings (SSSR count). The maximum atomic E-state index is 12.5. The third-order valence-corrected chi connectivity index (χ3v) is 4.52. The molecule has 0 spiro atoms. The fraction of sp³-hybridized carbons (Fsp3) is 0.778. The van der Waals surface area contributed by atoms with Crippen LogP contribution in [-0.2, 0) is 18.2 Å². The van der Waals surface area contributed by atoms with Crippen molar-refractivity contribution >= 4 is 6.03 Å². The molecule has 6 nitrogen and oxygen atoms in total. The van der Waals surface area contributed by atoms with E-state index in [0.717, 1.165) is 18.5 Å². The second-order valence-corrected chi connectivity index (χ2v) is 8.09. The summed E-state index contributed by atoms with van der Waals surface area (Å²) in [5.41, 5.74) is 2.94. The van der Waals surface area contributed by atoms with Crippen molar-refractivity contribution in [2.24, 2.45) is 7.05 Å². The maximum Gasteiger partial charge on any atom is 0.317 e. The van der Waals surface area contributed by atoms with E-state index in [1.54, 1.807) is 0 Å². The van der Waals surface area contributed by atoms with Gasteiger partial charge in [-0.25, -0.2) is 4.79 Å². The van der Waals surface area contributed by atoms with Gasteiger partial charge in [-0.2, -0.15) is 5.10 Å². The molecule has 1 N–H and O–H groups in total. The van der Waals surface area contributed by atoms with E-state index in [1.165, 1.54) is 11.3 Å². The Morgan fingerprint density at radius 1 is 1.21 bits per heavy atom. The highest BCUT2D eigenvalue weighted by Gasteiger charge is 2.39. The van der Waals surface area contributed by atoms with Crippen molar-refractivity contribution in [3.8, 4) is 0 Å². The van der Waals surface area contributed by atoms with Gasteiger partial charge in [0.15, 0.2) is 0 Å². The van der Waals surface area contributed by atoms with Gasteiger partial charge in [0.1, 0.15) is 0 Å². The van der Waals surface area contributed by atoms with Crippen LogP contribution in [0, 0.1) is 13.8 Å². The lowest BCUT2D eigenvalue weighted by molar-refractivity contribution is -0.170. The SMILES string of the molecule is Cc1nn(C)c(C)c1CCCNC(=O)N1CC(C)(C)OC(C)(C)C1. The number of ether oxygens (including phenoxy) is 1. The normalized spacial score (nSPS) is 19.4. The topological polar surface area (TPSA) is 59.4 Å². The van der Waals surface area contributed by atoms with Crippen molar-refractivity contribution in [2.45, 2.75) is 65.6 Å². The zero-order valence-corrected chi connectivity index (χ0v) is 16.2. The number of carbonyl (C=O) groups excluding carboxylic acids is 1. The van der Waals surface area contributed by atoms with E-state index >= 15 is 0 Å². The molecule has 1 fully saturated rings. The Kier molecular flexibility index (Phi) is 5.28. The molecule has 1 aromatic heterocycles. The van der Waals surface area contributed by atoms with Crippen LogP contribution < -0.4 is 5.32 Å². The minimum atomic E-state index is -0.316. The highest BCUT2D eigenvalue weighted by Crippen LogP contribution is 2.27. The van der Waals surface area contributed by atoms with Crippen molar-refractivity contribution in [3.05, 3.63) is 17.0 Å². The number of nitrogens with zero attached hydrogens (tertiary/aromatic N) is 3. The first-order valence-corrected chi connectivity index (χ1v) is 8.73. The van der Waals surface area contributed by atoms with E-state index in [-0.39, 0.29) is 17.2 Å². The van der Waals surface area contributed by atoms with E-state index in [1.807, 2.05) is 51.2 Å². The number of morpholine rings is 1. The molecule has 1 aromatic rings. The van der Waals surface area contributed by atoms with Gasteiger partial charge in [0, 0.05) is 19.3 Å². The Hall–Kier alpha value is -1.56. The Bertz CT molecular complexity index is 588. The first kappa shape index (κ1) is 18.8. The molecule has 0 saturated carbocycles. The van der Waals surface area contributed by atoms with Gasteiger partial charge >= 0.3 is 6.03 Å². The average Bonchev–Trinajstić information content (AvgIpc) is 2.65. The third-order valence-electron chi connectivity index (χ3n) is 4.52. The van der Waals surface area contributed by atoms with E-state index in [4.69, 9.17) is 4.74 Å². The number of aryl methyl sites for hydroxylation is 2. The van der Waals surface area contributed by atoms with Crippen LogP contribution in [-0.4, -0.2) is 51.5 Å². The van der Waals surface area contributed by atoms with E-state index in [9.17, 15) is 4.79 Å². The number of carbonyl (C=O) groups is 1. The Morgan fingerprint density at radius 3 is 2.29 bits per heavy atom. The van der Waals surface area contributed by atoms with E-state index < -0.39 is 0 Å². The summed E-state index contributed by atoms with van der Waals surface area (Å²) in [5, 5.41) is 7.49. The molecule has 6 heteroatoms. The average molecular weight is 336 g/mol. The van der Waals surface area contributed by atoms with Crippen molar-refractivity contribution < 1.29 is 9.53 Å². The summed E-state index contributed by atoms with van der Waals surface area (Å²) in [6, 6.07) is -0.000851. The van der Waals surface area contributed by atoms with Crippen molar-refractivity contribution in [1.82, 2.24) is 20.0 Å². The second-order valence-electron chi connectivity index (χ2n) is 8.09. The zero-order valence-electron chi connectivity index (χ0n) is 16.2. The molecule has 1 saturated heterocycles. The van der Waals surface area contributed by atoms with Gasteiger partial charge in [-0.05, 0) is 59.9 Å². The Morgan fingerprint density at radius 2 is 1.79 bits per heavy atom. The summed E-state index contributed by atoms with van der Waals surface area (Å²) in [5.74, 6) is 0. The molecule has 24 heavy (non-hydrogen) atoms. The number of aromatic nitrogens is 2. The third kappa shape index (κ3) is 4.50. The van der Waals surface area contributed by atoms with Crippen LogP contribution in [0.4, 0.5) is 4.79 Å². The standard InChI is InChI=1S/C18H32N4O2/c1-13-15(14(2)21(7)20-13)9-8-10-19-16(23)22-11-17(3,4)24-18(5,6)12-22/h8-12H2,1-7H3,(H,19,23). The van der Waals surface area contributed by atoms with E-state index in [0.29, 0.717) is 19.6 Å². The molecule has 0 bridgehead atoms. The number of amides is 2. The molecule has 0 radical (unpaired) electrons. The molecule has 136 valence electrons. The molecule has 0 atom stereocenters. The second kappa shape index (κ2) is 6.75. The minimum absolute atomic E-state index is 0.000851. The quantitative estimate of drug-likeness (QED) is 0.860. The molecular formula is C18H32N4O2. The number of hydrogen-bond acceptors (Lipinski definition) is 3. The summed E-state index contributed by atoms with van der Waals surface area (Å²) in [4.78, 5) is 14.3. The van der Waals surface area contributed by atoms with Crippen LogP contribution in [0.5, 0.6) is 0 Å². The molecule has 2 amide bonds. The summed E-state index contributed by atoms with van der Waals surface area (Å²) in [7, 11) is 1.97. The van der Waals surface area contributed by atoms with Crippen LogP contribution in [0.3, 0.4) is 0 Å². The van der Waals surface area contributed by atoms with Gasteiger partial charge in [-0.3, -0.25) is 4.68 Å². The lowest BCUT2D eigenvalue weighted by atomic mass is 9.99. The first-order valence-electron chi connectivity index (χ1n) is 8.73. The smallest absolute Gasteiger partial charge is 0.317 e. The number of nitrogens with one attached hydrogen (secondary N) is 1. The molecule has 1 aliphatic heterocycles. The number of urea groups is 1. The monoisotopic (exact) mass is 336 g/mol. The van der Waals surface area contributed by atoms with Gasteiger partial charge in [-0.15, -0.1) is 0 Å². The van der Waals surface area contributed by atoms with Crippen LogP contribution in [0.15, 0.2) is 0 Å². The molecule has 2 heterocycles. The summed E-state index contributed by atoms with van der Waals surface area (Å²) >= 11 is 0. The first-order chi connectivity index (χ1) is 11.0. The molecule has 0 unspecified atom stereocenters. The molecule has 0 aromatic carbocycles. The fourth-order valence-electron chi connectivity index (χ4n) is 3.68. The van der Waals surface area contributed by atoms with Crippen molar-refractivity contribution in [3.63, 3.8) is 0 Å². The molecular weight excluding hydrogens is 304 g/mol. The summed E-state index contributed by atoms with van der Waals surface area (Å²) in [6.45, 7) is 14.1. The van der Waals surface area contributed by atoms with Crippen LogP contribution in [0.25, 0.3) is 0 Å². The summed E-state index contributed by atoms with van der Waals surface area (Å²) < 4.78 is 7.94. The molecule has 0 aliphatic carbocycles. The minimum Gasteiger partial charge on any atom is -0.366 e. The number of rotatable bonds is 4. The van der Waals surface area contributed by atoms with Gasteiger partial charge in [0.2, 0.25) is 0 Å². The Labute approximate surface area is 145 Å². The van der Waals surface area contributed by atoms with E-state index in [2.05, 4.69) is 17.3 Å². The fourth-order valence-corrected chi connectivity index (χ4v) is 3.68. The number of hydrogen-bond donors (Lipinski definition) is 1. The van der Waals surface area contributed by atoms with Crippen molar-refractivity contribution in [2.75, 3.05) is 19.6 Å². The van der Waals surface area contributed by atoms with Crippen LogP contribution in [0.1, 0.15) is 51.1 Å². The predicted molar refractivity (Wildman–Crippen MR) is 95.2 cm³/mol. The van der Waals surface area contributed by atoms with Crippen molar-refractivity contribution in [1.29, 1.82) is 0 Å². The molecule has 1 aliphatic rings. The highest BCUT2D eigenvalue weighted by molar-refractivity contribution is 5.74. The van der Waals surface area contributed by atoms with Gasteiger partial charge in [0.25, 0.3) is 0 Å². The lowest BCUT2D eigenvalue weighted by Crippen LogP contribution is -2.60. The summed E-state index contributed by atoms with van der Waals surface area (Å²) in [6.07, 6.45) is 1.85. The Balaban J connectivity index is 1.83. The van der Waals surface area contributed by atoms with Gasteiger partial charge in [-0.1, -0.05) is 0 Å². The largest absolute Gasteiger partial charge is 0.366 e. The highest BCUT2D eigenvalue weighted by atomic mass is 16.5. The van der Waals surface area contributed by atoms with Crippen LogP contribution >= 0.6 is 0 Å². The van der Waals surface area contributed by atoms with Gasteiger partial charge in [0.05, 0.1) is 30.0 Å². The predicted octanol–water partition coefficient (Wildman–Crippen LogP) is 2.57. The zero-order chi connectivity index (χ0) is 18.1.